The maximum Gasteiger partial charge on any atom is 0.151 e. The minimum atomic E-state index is -0.324. The highest BCUT2D eigenvalue weighted by Gasteiger charge is 2.40. The van der Waals surface area contributed by atoms with Gasteiger partial charge in [-0.05, 0) is 40.7 Å². The van der Waals surface area contributed by atoms with Crippen LogP contribution >= 0.6 is 0 Å². The van der Waals surface area contributed by atoms with E-state index >= 15 is 0 Å². The van der Waals surface area contributed by atoms with Gasteiger partial charge in [-0.15, -0.1) is 0 Å². The molecule has 3 heterocycles. The fourth-order valence-electron chi connectivity index (χ4n) is 4.29. The first-order chi connectivity index (χ1) is 12.4. The van der Waals surface area contributed by atoms with Gasteiger partial charge in [0.05, 0.1) is 18.2 Å². The Labute approximate surface area is 143 Å². The molecule has 1 aromatic carbocycles. The van der Waals surface area contributed by atoms with E-state index in [4.69, 9.17) is 9.62 Å². The molecule has 0 saturated heterocycles. The number of hydrogen-bond donors (Lipinski definition) is 1. The van der Waals surface area contributed by atoms with Gasteiger partial charge in [0.1, 0.15) is 11.0 Å². The van der Waals surface area contributed by atoms with E-state index in [0.717, 1.165) is 35.5 Å². The van der Waals surface area contributed by atoms with E-state index in [9.17, 15) is 5.26 Å². The van der Waals surface area contributed by atoms with Crippen LogP contribution in [0.3, 0.4) is 0 Å². The molecule has 1 saturated carbocycles. The second-order valence-corrected chi connectivity index (χ2v) is 6.76. The standard InChI is InChI=1S/C18H16N6O/c19-8-12-15(11-6-3-7-14-17(11)24-25-23-14)13-9-20-22-18(13)21-16(12)10-4-1-2-5-10/h3,6-7,9-10,12,15H,1-2,4-5H2,(H,20,22). The largest absolute Gasteiger partial charge is 0.261 e. The summed E-state index contributed by atoms with van der Waals surface area (Å²) in [5, 5.41) is 25.2. The second kappa shape index (κ2) is 5.52. The molecule has 25 heavy (non-hydrogen) atoms. The number of benzene rings is 1. The van der Waals surface area contributed by atoms with Gasteiger partial charge in [0.2, 0.25) is 0 Å². The summed E-state index contributed by atoms with van der Waals surface area (Å²) in [6.07, 6.45) is 6.37. The SMILES string of the molecule is N#CC1C(C2CCCC2)=Nc2[nH]ncc2C1c1cccc2nonc12. The van der Waals surface area contributed by atoms with Crippen molar-refractivity contribution in [3.05, 3.63) is 35.5 Å². The van der Waals surface area contributed by atoms with Crippen molar-refractivity contribution in [2.75, 3.05) is 0 Å². The lowest BCUT2D eigenvalue weighted by molar-refractivity contribution is 0.315. The van der Waals surface area contributed by atoms with Gasteiger partial charge in [0, 0.05) is 17.2 Å². The molecule has 0 radical (unpaired) electrons. The lowest BCUT2D eigenvalue weighted by atomic mass is 9.74. The lowest BCUT2D eigenvalue weighted by Crippen LogP contribution is -2.30. The van der Waals surface area contributed by atoms with Crippen molar-refractivity contribution in [3.8, 4) is 6.07 Å². The van der Waals surface area contributed by atoms with E-state index < -0.39 is 0 Å². The number of aromatic amines is 1. The van der Waals surface area contributed by atoms with Gasteiger partial charge < -0.3 is 0 Å². The van der Waals surface area contributed by atoms with Crippen molar-refractivity contribution < 1.29 is 4.63 Å². The quantitative estimate of drug-likeness (QED) is 0.773. The van der Waals surface area contributed by atoms with Crippen LogP contribution in [0, 0.1) is 23.2 Å². The van der Waals surface area contributed by atoms with Gasteiger partial charge in [0.15, 0.2) is 5.82 Å². The first-order valence-corrected chi connectivity index (χ1v) is 8.59. The highest BCUT2D eigenvalue weighted by molar-refractivity contribution is 5.97. The Balaban J connectivity index is 1.72. The van der Waals surface area contributed by atoms with Crippen LogP contribution in [0.25, 0.3) is 11.0 Å². The van der Waals surface area contributed by atoms with Gasteiger partial charge in [0.25, 0.3) is 0 Å². The van der Waals surface area contributed by atoms with Crippen LogP contribution in [-0.4, -0.2) is 26.2 Å². The zero-order valence-electron chi connectivity index (χ0n) is 13.5. The van der Waals surface area contributed by atoms with Crippen molar-refractivity contribution in [2.45, 2.75) is 31.6 Å². The number of fused-ring (bicyclic) bond motifs is 2. The number of nitriles is 1. The summed E-state index contributed by atoms with van der Waals surface area (Å²) in [6, 6.07) is 8.30. The Morgan fingerprint density at radius 3 is 2.88 bits per heavy atom. The molecule has 2 unspecified atom stereocenters. The molecule has 1 aliphatic heterocycles. The summed E-state index contributed by atoms with van der Waals surface area (Å²) in [4.78, 5) is 4.80. The van der Waals surface area contributed by atoms with E-state index in [2.05, 4.69) is 26.6 Å². The third-order valence-electron chi connectivity index (χ3n) is 5.44. The van der Waals surface area contributed by atoms with Crippen LogP contribution in [0.4, 0.5) is 5.82 Å². The van der Waals surface area contributed by atoms with Crippen LogP contribution in [0.2, 0.25) is 0 Å². The highest BCUT2D eigenvalue weighted by atomic mass is 16.6. The van der Waals surface area contributed by atoms with Gasteiger partial charge in [-0.3, -0.25) is 5.10 Å². The Kier molecular flexibility index (Phi) is 3.17. The Morgan fingerprint density at radius 2 is 2.04 bits per heavy atom. The molecule has 0 spiro atoms. The zero-order valence-corrected chi connectivity index (χ0v) is 13.5. The number of hydrogen-bond acceptors (Lipinski definition) is 6. The van der Waals surface area contributed by atoms with E-state index in [1.54, 1.807) is 6.20 Å². The fourth-order valence-corrected chi connectivity index (χ4v) is 4.29. The Morgan fingerprint density at radius 1 is 1.16 bits per heavy atom. The molecule has 0 amide bonds. The van der Waals surface area contributed by atoms with E-state index in [0.29, 0.717) is 17.0 Å². The first-order valence-electron chi connectivity index (χ1n) is 8.59. The molecule has 2 aromatic heterocycles. The predicted molar refractivity (Wildman–Crippen MR) is 90.4 cm³/mol. The van der Waals surface area contributed by atoms with Crippen LogP contribution in [0.1, 0.15) is 42.7 Å². The number of aliphatic imine (C=N–C) groups is 1. The summed E-state index contributed by atoms with van der Waals surface area (Å²) in [5.41, 5.74) is 4.26. The predicted octanol–water partition coefficient (Wildman–Crippen LogP) is 3.49. The molecular weight excluding hydrogens is 316 g/mol. The number of H-pyrrole nitrogens is 1. The summed E-state index contributed by atoms with van der Waals surface area (Å²) in [7, 11) is 0. The molecule has 124 valence electrons. The summed E-state index contributed by atoms with van der Waals surface area (Å²) < 4.78 is 4.92. The maximum absolute atomic E-state index is 10.0. The van der Waals surface area contributed by atoms with Gasteiger partial charge >= 0.3 is 0 Å². The number of nitrogens with zero attached hydrogens (tertiary/aromatic N) is 5. The highest BCUT2D eigenvalue weighted by Crippen LogP contribution is 2.45. The first kappa shape index (κ1) is 14.3. The average molecular weight is 332 g/mol. The molecule has 1 fully saturated rings. The molecule has 5 rings (SSSR count). The van der Waals surface area contributed by atoms with Crippen molar-refractivity contribution in [2.24, 2.45) is 16.8 Å². The molecule has 1 N–H and O–H groups in total. The van der Waals surface area contributed by atoms with Crippen molar-refractivity contribution in [3.63, 3.8) is 0 Å². The number of rotatable bonds is 2. The summed E-state index contributed by atoms with van der Waals surface area (Å²) in [5.74, 6) is 0.642. The molecular formula is C18H16N6O. The van der Waals surface area contributed by atoms with Crippen molar-refractivity contribution >= 4 is 22.6 Å². The van der Waals surface area contributed by atoms with Crippen LogP contribution in [0.15, 0.2) is 34.0 Å². The minimum Gasteiger partial charge on any atom is -0.261 e. The molecule has 7 heteroatoms. The van der Waals surface area contributed by atoms with E-state index in [-0.39, 0.29) is 11.8 Å². The van der Waals surface area contributed by atoms with E-state index in [1.807, 2.05) is 18.2 Å². The van der Waals surface area contributed by atoms with Gasteiger partial charge in [-0.1, -0.05) is 25.0 Å². The third-order valence-corrected chi connectivity index (χ3v) is 5.44. The molecule has 7 nitrogen and oxygen atoms in total. The molecule has 1 aliphatic carbocycles. The van der Waals surface area contributed by atoms with Gasteiger partial charge in [-0.25, -0.2) is 9.62 Å². The van der Waals surface area contributed by atoms with Crippen LogP contribution in [-0.2, 0) is 0 Å². The molecule has 3 aromatic rings. The smallest absolute Gasteiger partial charge is 0.151 e. The zero-order chi connectivity index (χ0) is 16.8. The number of aromatic nitrogens is 4. The second-order valence-electron chi connectivity index (χ2n) is 6.76. The molecule has 0 bridgehead atoms. The fraction of sp³-hybridized carbons (Fsp3) is 0.389. The van der Waals surface area contributed by atoms with Crippen LogP contribution in [0.5, 0.6) is 0 Å². The van der Waals surface area contributed by atoms with Gasteiger partial charge in [-0.2, -0.15) is 10.4 Å². The molecule has 2 atom stereocenters. The molecule has 2 aliphatic rings. The minimum absolute atomic E-state index is 0.164. The maximum atomic E-state index is 10.0. The van der Waals surface area contributed by atoms with E-state index in [1.165, 1.54) is 12.8 Å². The normalized spacial score (nSPS) is 23.4. The Bertz CT molecular complexity index is 1000. The summed E-state index contributed by atoms with van der Waals surface area (Å²) in [6.45, 7) is 0. The van der Waals surface area contributed by atoms with Crippen molar-refractivity contribution in [1.82, 2.24) is 20.5 Å². The summed E-state index contributed by atoms with van der Waals surface area (Å²) >= 11 is 0. The number of nitrogens with one attached hydrogen (secondary N) is 1. The monoisotopic (exact) mass is 332 g/mol. The van der Waals surface area contributed by atoms with Crippen molar-refractivity contribution in [1.29, 1.82) is 5.26 Å². The van der Waals surface area contributed by atoms with Crippen LogP contribution < -0.4 is 0 Å². The average Bonchev–Trinajstić information content (AvgIpc) is 3.40. The Hall–Kier alpha value is -3.01. The lowest BCUT2D eigenvalue weighted by Gasteiger charge is -2.29. The topological polar surface area (TPSA) is 104 Å². The third kappa shape index (κ3) is 2.10.